The molecule has 116 valence electrons. The highest BCUT2D eigenvalue weighted by Gasteiger charge is 2.17. The van der Waals surface area contributed by atoms with Gasteiger partial charge in [0.1, 0.15) is 23.0 Å². The molecule has 0 saturated carbocycles. The summed E-state index contributed by atoms with van der Waals surface area (Å²) in [6.45, 7) is 2.17. The van der Waals surface area contributed by atoms with Crippen LogP contribution < -0.4 is 4.74 Å². The molecule has 0 radical (unpaired) electrons. The zero-order valence-corrected chi connectivity index (χ0v) is 13.1. The molecular formula is C15H16N2O4S. The van der Waals surface area contributed by atoms with Gasteiger partial charge < -0.3 is 14.7 Å². The highest BCUT2D eigenvalue weighted by Crippen LogP contribution is 2.26. The Morgan fingerprint density at radius 1 is 1.32 bits per heavy atom. The fraction of sp³-hybridized carbons (Fsp3) is 0.267. The van der Waals surface area contributed by atoms with Crippen LogP contribution in [-0.4, -0.2) is 47.1 Å². The van der Waals surface area contributed by atoms with E-state index in [1.807, 2.05) is 31.2 Å². The van der Waals surface area contributed by atoms with Crippen LogP contribution in [-0.2, 0) is 4.79 Å². The van der Waals surface area contributed by atoms with Crippen LogP contribution in [0.15, 0.2) is 29.6 Å². The van der Waals surface area contributed by atoms with Crippen LogP contribution in [0, 0.1) is 0 Å². The Morgan fingerprint density at radius 2 is 2.00 bits per heavy atom. The van der Waals surface area contributed by atoms with Crippen LogP contribution in [0.4, 0.5) is 0 Å². The molecule has 1 aromatic carbocycles. The van der Waals surface area contributed by atoms with Gasteiger partial charge in [0, 0.05) is 18.0 Å². The number of carboxylic acid groups (broad SMARTS) is 1. The van der Waals surface area contributed by atoms with E-state index in [1.54, 1.807) is 5.38 Å². The minimum absolute atomic E-state index is 0.248. The molecule has 0 saturated heterocycles. The lowest BCUT2D eigenvalue weighted by atomic mass is 10.2. The molecule has 1 aromatic heterocycles. The van der Waals surface area contributed by atoms with Crippen LogP contribution in [0.25, 0.3) is 10.6 Å². The summed E-state index contributed by atoms with van der Waals surface area (Å²) in [5.74, 6) is -0.686. The molecule has 0 aliphatic heterocycles. The number of hydrogen-bond donors (Lipinski definition) is 1. The van der Waals surface area contributed by atoms with Gasteiger partial charge in [0.2, 0.25) is 0 Å². The Labute approximate surface area is 132 Å². The van der Waals surface area contributed by atoms with Gasteiger partial charge >= 0.3 is 5.97 Å². The van der Waals surface area contributed by atoms with E-state index >= 15 is 0 Å². The predicted molar refractivity (Wildman–Crippen MR) is 83.3 cm³/mol. The first-order chi connectivity index (χ1) is 10.5. The molecule has 0 fully saturated rings. The molecule has 0 atom stereocenters. The number of hydrogen-bond acceptors (Lipinski definition) is 5. The highest BCUT2D eigenvalue weighted by molar-refractivity contribution is 7.13. The van der Waals surface area contributed by atoms with Gasteiger partial charge in [-0.1, -0.05) is 0 Å². The molecule has 2 rings (SSSR count). The van der Waals surface area contributed by atoms with Crippen molar-refractivity contribution in [2.45, 2.75) is 6.92 Å². The SMILES string of the molecule is CCOc1ccc(-c2nc(C(=O)N(C)CC(=O)O)cs2)cc1. The first kappa shape index (κ1) is 16.0. The van der Waals surface area contributed by atoms with Gasteiger partial charge in [-0.3, -0.25) is 9.59 Å². The Kier molecular flexibility index (Phi) is 5.11. The first-order valence-electron chi connectivity index (χ1n) is 6.67. The summed E-state index contributed by atoms with van der Waals surface area (Å²) in [6, 6.07) is 7.44. The lowest BCUT2D eigenvalue weighted by molar-refractivity contribution is -0.137. The number of rotatable bonds is 6. The van der Waals surface area contributed by atoms with E-state index < -0.39 is 11.9 Å². The maximum Gasteiger partial charge on any atom is 0.323 e. The molecule has 1 N–H and O–H groups in total. The zero-order valence-electron chi connectivity index (χ0n) is 12.3. The summed E-state index contributed by atoms with van der Waals surface area (Å²) in [6.07, 6.45) is 0. The number of thiazole rings is 1. The van der Waals surface area contributed by atoms with Gasteiger partial charge in [-0.25, -0.2) is 4.98 Å². The molecule has 1 heterocycles. The van der Waals surface area contributed by atoms with Crippen molar-refractivity contribution >= 4 is 23.2 Å². The molecule has 0 aliphatic carbocycles. The van der Waals surface area contributed by atoms with Gasteiger partial charge in [-0.05, 0) is 31.2 Å². The number of amides is 1. The number of aliphatic carboxylic acids is 1. The number of ether oxygens (including phenoxy) is 1. The molecule has 1 amide bonds. The molecule has 7 heteroatoms. The Balaban J connectivity index is 2.13. The number of carboxylic acids is 1. The van der Waals surface area contributed by atoms with Gasteiger partial charge in [-0.2, -0.15) is 0 Å². The average Bonchev–Trinajstić information content (AvgIpc) is 2.96. The lowest BCUT2D eigenvalue weighted by Gasteiger charge is -2.12. The van der Waals surface area contributed by atoms with Crippen molar-refractivity contribution in [3.63, 3.8) is 0 Å². The van der Waals surface area contributed by atoms with Gasteiger partial charge in [0.25, 0.3) is 5.91 Å². The molecule has 0 spiro atoms. The van der Waals surface area contributed by atoms with Crippen LogP contribution in [0.1, 0.15) is 17.4 Å². The van der Waals surface area contributed by atoms with E-state index in [2.05, 4.69) is 4.98 Å². The molecule has 22 heavy (non-hydrogen) atoms. The second-order valence-electron chi connectivity index (χ2n) is 4.55. The molecule has 0 unspecified atom stereocenters. The zero-order chi connectivity index (χ0) is 16.1. The fourth-order valence-corrected chi connectivity index (χ4v) is 2.64. The van der Waals surface area contributed by atoms with Crippen LogP contribution in [0.5, 0.6) is 5.75 Å². The van der Waals surface area contributed by atoms with Crippen molar-refractivity contribution < 1.29 is 19.4 Å². The van der Waals surface area contributed by atoms with Crippen molar-refractivity contribution in [3.05, 3.63) is 35.3 Å². The molecule has 0 aliphatic rings. The summed E-state index contributed by atoms with van der Waals surface area (Å²) in [5, 5.41) is 11.0. The third-order valence-electron chi connectivity index (χ3n) is 2.85. The predicted octanol–water partition coefficient (Wildman–Crippen LogP) is 2.37. The number of nitrogens with zero attached hydrogens (tertiary/aromatic N) is 2. The number of likely N-dealkylation sites (N-methyl/N-ethyl adjacent to an activating group) is 1. The van der Waals surface area contributed by atoms with Crippen molar-refractivity contribution in [1.82, 2.24) is 9.88 Å². The largest absolute Gasteiger partial charge is 0.494 e. The number of benzene rings is 1. The van der Waals surface area contributed by atoms with Gasteiger partial charge in [-0.15, -0.1) is 11.3 Å². The third kappa shape index (κ3) is 3.82. The standard InChI is InChI=1S/C15H16N2O4S/c1-3-21-11-6-4-10(5-7-11)14-16-12(9-22-14)15(20)17(2)8-13(18)19/h4-7,9H,3,8H2,1-2H3,(H,18,19). The minimum Gasteiger partial charge on any atom is -0.494 e. The summed E-state index contributed by atoms with van der Waals surface area (Å²) in [5.41, 5.74) is 1.13. The monoisotopic (exact) mass is 320 g/mol. The number of aromatic nitrogens is 1. The molecule has 6 nitrogen and oxygen atoms in total. The quantitative estimate of drug-likeness (QED) is 0.884. The van der Waals surface area contributed by atoms with E-state index in [-0.39, 0.29) is 12.2 Å². The summed E-state index contributed by atoms with van der Waals surface area (Å²) in [7, 11) is 1.44. The maximum atomic E-state index is 12.1. The van der Waals surface area contributed by atoms with Crippen molar-refractivity contribution in [2.24, 2.45) is 0 Å². The van der Waals surface area contributed by atoms with Gasteiger partial charge in [0.05, 0.1) is 6.61 Å². The fourth-order valence-electron chi connectivity index (χ4n) is 1.84. The summed E-state index contributed by atoms with van der Waals surface area (Å²) < 4.78 is 5.38. The second kappa shape index (κ2) is 7.04. The van der Waals surface area contributed by atoms with Crippen molar-refractivity contribution in [1.29, 1.82) is 0 Å². The smallest absolute Gasteiger partial charge is 0.323 e. The number of carbonyl (C=O) groups excluding carboxylic acids is 1. The average molecular weight is 320 g/mol. The van der Waals surface area contributed by atoms with E-state index in [1.165, 1.54) is 18.4 Å². The van der Waals surface area contributed by atoms with E-state index in [4.69, 9.17) is 9.84 Å². The molecule has 2 aromatic rings. The van der Waals surface area contributed by atoms with Crippen molar-refractivity contribution in [2.75, 3.05) is 20.2 Å². The van der Waals surface area contributed by atoms with Crippen LogP contribution in [0.2, 0.25) is 0 Å². The lowest BCUT2D eigenvalue weighted by Crippen LogP contribution is -2.32. The second-order valence-corrected chi connectivity index (χ2v) is 5.41. The minimum atomic E-state index is -1.06. The van der Waals surface area contributed by atoms with Crippen molar-refractivity contribution in [3.8, 4) is 16.3 Å². The maximum absolute atomic E-state index is 12.1. The van der Waals surface area contributed by atoms with Crippen LogP contribution >= 0.6 is 11.3 Å². The van der Waals surface area contributed by atoms with E-state index in [9.17, 15) is 9.59 Å². The van der Waals surface area contributed by atoms with E-state index in [0.717, 1.165) is 16.2 Å². The third-order valence-corrected chi connectivity index (χ3v) is 3.75. The van der Waals surface area contributed by atoms with Gasteiger partial charge in [0.15, 0.2) is 0 Å². The summed E-state index contributed by atoms with van der Waals surface area (Å²) >= 11 is 1.34. The first-order valence-corrected chi connectivity index (χ1v) is 7.55. The topological polar surface area (TPSA) is 79.7 Å². The number of carbonyl (C=O) groups is 2. The van der Waals surface area contributed by atoms with E-state index in [0.29, 0.717) is 11.6 Å². The molecule has 0 bridgehead atoms. The Morgan fingerprint density at radius 3 is 2.59 bits per heavy atom. The normalized spacial score (nSPS) is 10.3. The highest BCUT2D eigenvalue weighted by atomic mass is 32.1. The molecular weight excluding hydrogens is 304 g/mol. The Bertz CT molecular complexity index is 666. The van der Waals surface area contributed by atoms with Crippen LogP contribution in [0.3, 0.4) is 0 Å². The summed E-state index contributed by atoms with van der Waals surface area (Å²) in [4.78, 5) is 28.1. The Hall–Kier alpha value is -2.41.